The first kappa shape index (κ1) is 16.5. The molecule has 0 aliphatic carbocycles. The fourth-order valence-electron chi connectivity index (χ4n) is 2.45. The third kappa shape index (κ3) is 4.14. The first-order valence-electron chi connectivity index (χ1n) is 7.61. The Morgan fingerprint density at radius 3 is 2.46 bits per heavy atom. The summed E-state index contributed by atoms with van der Waals surface area (Å²) < 4.78 is 18.1. The van der Waals surface area contributed by atoms with E-state index in [1.54, 1.807) is 41.3 Å². The van der Waals surface area contributed by atoms with Crippen molar-refractivity contribution in [2.75, 3.05) is 17.2 Å². The summed E-state index contributed by atoms with van der Waals surface area (Å²) in [5.74, 6) is 0.0104. The van der Waals surface area contributed by atoms with Gasteiger partial charge in [-0.05, 0) is 55.0 Å². The maximum atomic E-state index is 12.8. The normalized spacial score (nSPS) is 14.0. The van der Waals surface area contributed by atoms with Gasteiger partial charge in [-0.15, -0.1) is 11.8 Å². The maximum absolute atomic E-state index is 12.8. The summed E-state index contributed by atoms with van der Waals surface area (Å²) in [6.07, 6.45) is 1.45. The number of thioether (sulfide) groups is 1. The SMILES string of the molecule is O=C(CSc1ccc(F)cc1)Oc1ccc(N2CCCC2=O)cc1. The van der Waals surface area contributed by atoms with E-state index < -0.39 is 0 Å². The Morgan fingerprint density at radius 1 is 1.12 bits per heavy atom. The van der Waals surface area contributed by atoms with Crippen molar-refractivity contribution in [3.8, 4) is 5.75 Å². The molecule has 0 aromatic heterocycles. The average molecular weight is 345 g/mol. The number of esters is 1. The van der Waals surface area contributed by atoms with Crippen molar-refractivity contribution in [2.45, 2.75) is 17.7 Å². The van der Waals surface area contributed by atoms with Gasteiger partial charge >= 0.3 is 5.97 Å². The molecule has 24 heavy (non-hydrogen) atoms. The highest BCUT2D eigenvalue weighted by molar-refractivity contribution is 8.00. The van der Waals surface area contributed by atoms with Gasteiger partial charge in [0.05, 0.1) is 5.75 Å². The van der Waals surface area contributed by atoms with Crippen LogP contribution in [0.3, 0.4) is 0 Å². The summed E-state index contributed by atoms with van der Waals surface area (Å²) in [5.41, 5.74) is 0.818. The Bertz CT molecular complexity index is 731. The third-order valence-corrected chi connectivity index (χ3v) is 4.61. The van der Waals surface area contributed by atoms with E-state index in [1.807, 2.05) is 0 Å². The molecular formula is C18H16FNO3S. The Hall–Kier alpha value is -2.34. The molecule has 0 spiro atoms. The van der Waals surface area contributed by atoms with Crippen molar-refractivity contribution < 1.29 is 18.7 Å². The topological polar surface area (TPSA) is 46.6 Å². The molecule has 6 heteroatoms. The van der Waals surface area contributed by atoms with Gasteiger partial charge in [0, 0.05) is 23.5 Å². The summed E-state index contributed by atoms with van der Waals surface area (Å²) >= 11 is 1.29. The molecule has 3 rings (SSSR count). The lowest BCUT2D eigenvalue weighted by molar-refractivity contribution is -0.131. The van der Waals surface area contributed by atoms with Gasteiger partial charge in [-0.2, -0.15) is 0 Å². The quantitative estimate of drug-likeness (QED) is 0.471. The number of amides is 1. The minimum absolute atomic E-state index is 0.121. The fourth-order valence-corrected chi connectivity index (χ4v) is 3.12. The van der Waals surface area contributed by atoms with Crippen LogP contribution < -0.4 is 9.64 Å². The number of hydrogen-bond donors (Lipinski definition) is 0. The van der Waals surface area contributed by atoms with Crippen LogP contribution in [0.25, 0.3) is 0 Å². The monoisotopic (exact) mass is 345 g/mol. The standard InChI is InChI=1S/C18H16FNO3S/c19-13-3-9-16(10-4-13)24-12-18(22)23-15-7-5-14(6-8-15)20-11-1-2-17(20)21/h3-10H,1-2,11-12H2. The van der Waals surface area contributed by atoms with E-state index in [0.29, 0.717) is 12.2 Å². The van der Waals surface area contributed by atoms with E-state index in [9.17, 15) is 14.0 Å². The minimum Gasteiger partial charge on any atom is -0.426 e. The van der Waals surface area contributed by atoms with Crippen LogP contribution in [0.2, 0.25) is 0 Å². The summed E-state index contributed by atoms with van der Waals surface area (Å²) in [6.45, 7) is 0.728. The first-order valence-corrected chi connectivity index (χ1v) is 8.60. The number of benzene rings is 2. The second kappa shape index (κ2) is 7.49. The van der Waals surface area contributed by atoms with Gasteiger partial charge < -0.3 is 9.64 Å². The van der Waals surface area contributed by atoms with E-state index in [4.69, 9.17) is 4.74 Å². The second-order valence-corrected chi connectivity index (χ2v) is 6.41. The highest BCUT2D eigenvalue weighted by Crippen LogP contribution is 2.24. The van der Waals surface area contributed by atoms with Crippen LogP contribution in [0.1, 0.15) is 12.8 Å². The molecule has 2 aromatic rings. The molecule has 0 atom stereocenters. The second-order valence-electron chi connectivity index (χ2n) is 5.36. The van der Waals surface area contributed by atoms with Gasteiger partial charge in [0.25, 0.3) is 0 Å². The number of anilines is 1. The lowest BCUT2D eigenvalue weighted by atomic mass is 10.3. The van der Waals surface area contributed by atoms with Crippen molar-refractivity contribution in [2.24, 2.45) is 0 Å². The van der Waals surface area contributed by atoms with Crippen molar-refractivity contribution >= 4 is 29.3 Å². The van der Waals surface area contributed by atoms with E-state index in [2.05, 4.69) is 0 Å². The largest absolute Gasteiger partial charge is 0.426 e. The Balaban J connectivity index is 1.52. The smallest absolute Gasteiger partial charge is 0.321 e. The van der Waals surface area contributed by atoms with Crippen LogP contribution in [0.15, 0.2) is 53.4 Å². The summed E-state index contributed by atoms with van der Waals surface area (Å²) in [6, 6.07) is 12.9. The van der Waals surface area contributed by atoms with E-state index in [0.717, 1.165) is 23.5 Å². The van der Waals surface area contributed by atoms with Crippen LogP contribution in [-0.2, 0) is 9.59 Å². The van der Waals surface area contributed by atoms with Gasteiger partial charge in [-0.3, -0.25) is 9.59 Å². The van der Waals surface area contributed by atoms with Crippen molar-refractivity contribution in [3.63, 3.8) is 0 Å². The van der Waals surface area contributed by atoms with Crippen molar-refractivity contribution in [3.05, 3.63) is 54.3 Å². The van der Waals surface area contributed by atoms with Crippen LogP contribution in [-0.4, -0.2) is 24.2 Å². The van der Waals surface area contributed by atoms with Crippen LogP contribution >= 0.6 is 11.8 Å². The average Bonchev–Trinajstić information content (AvgIpc) is 3.01. The molecule has 4 nitrogen and oxygen atoms in total. The molecule has 0 unspecified atom stereocenters. The number of carbonyl (C=O) groups excluding carboxylic acids is 2. The number of hydrogen-bond acceptors (Lipinski definition) is 4. The Labute approximate surface area is 143 Å². The zero-order chi connectivity index (χ0) is 16.9. The molecule has 1 saturated heterocycles. The Kier molecular flexibility index (Phi) is 5.15. The molecule has 124 valence electrons. The number of rotatable bonds is 5. The highest BCUT2D eigenvalue weighted by atomic mass is 32.2. The molecule has 1 amide bonds. The van der Waals surface area contributed by atoms with Gasteiger partial charge in [-0.1, -0.05) is 0 Å². The number of nitrogens with zero attached hydrogens (tertiary/aromatic N) is 1. The zero-order valence-electron chi connectivity index (χ0n) is 12.9. The summed E-state index contributed by atoms with van der Waals surface area (Å²) in [5, 5.41) is 0. The molecule has 0 saturated carbocycles. The number of ether oxygens (including phenoxy) is 1. The molecule has 0 radical (unpaired) electrons. The predicted molar refractivity (Wildman–Crippen MR) is 90.8 cm³/mol. The molecule has 1 fully saturated rings. The van der Waals surface area contributed by atoms with Crippen LogP contribution in [0, 0.1) is 5.82 Å². The number of halogens is 1. The van der Waals surface area contributed by atoms with Gasteiger partial charge in [0.1, 0.15) is 11.6 Å². The third-order valence-electron chi connectivity index (χ3n) is 3.62. The van der Waals surface area contributed by atoms with E-state index >= 15 is 0 Å². The van der Waals surface area contributed by atoms with Crippen molar-refractivity contribution in [1.29, 1.82) is 0 Å². The van der Waals surface area contributed by atoms with Gasteiger partial charge in [-0.25, -0.2) is 4.39 Å². The maximum Gasteiger partial charge on any atom is 0.321 e. The molecule has 2 aromatic carbocycles. The number of carbonyl (C=O) groups is 2. The fraction of sp³-hybridized carbons (Fsp3) is 0.222. The van der Waals surface area contributed by atoms with Crippen LogP contribution in [0.5, 0.6) is 5.75 Å². The molecule has 1 heterocycles. The molecule has 1 aliphatic rings. The van der Waals surface area contributed by atoms with Crippen molar-refractivity contribution in [1.82, 2.24) is 0 Å². The summed E-state index contributed by atoms with van der Waals surface area (Å²) in [4.78, 5) is 26.1. The van der Waals surface area contributed by atoms with E-state index in [-0.39, 0.29) is 23.4 Å². The molecular weight excluding hydrogens is 329 g/mol. The predicted octanol–water partition coefficient (Wildman–Crippen LogP) is 3.65. The first-order chi connectivity index (χ1) is 11.6. The van der Waals surface area contributed by atoms with Gasteiger partial charge in [0.2, 0.25) is 5.91 Å². The van der Waals surface area contributed by atoms with E-state index in [1.165, 1.54) is 23.9 Å². The molecule has 1 aliphatic heterocycles. The molecule has 0 N–H and O–H groups in total. The lowest BCUT2D eigenvalue weighted by Crippen LogP contribution is -2.23. The van der Waals surface area contributed by atoms with Gasteiger partial charge in [0.15, 0.2) is 0 Å². The molecule has 0 bridgehead atoms. The summed E-state index contributed by atoms with van der Waals surface area (Å²) in [7, 11) is 0. The van der Waals surface area contributed by atoms with Crippen LogP contribution in [0.4, 0.5) is 10.1 Å². The zero-order valence-corrected chi connectivity index (χ0v) is 13.7. The Morgan fingerprint density at radius 2 is 1.83 bits per heavy atom. The lowest BCUT2D eigenvalue weighted by Gasteiger charge is -2.15. The minimum atomic E-state index is -0.380. The highest BCUT2D eigenvalue weighted by Gasteiger charge is 2.21.